The van der Waals surface area contributed by atoms with Gasteiger partial charge < -0.3 is 10.4 Å². The number of benzene rings is 1. The monoisotopic (exact) mass is 306 g/mol. The van der Waals surface area contributed by atoms with E-state index < -0.39 is 6.10 Å². The van der Waals surface area contributed by atoms with E-state index in [1.165, 1.54) is 23.0 Å². The van der Waals surface area contributed by atoms with E-state index in [9.17, 15) is 14.3 Å². The van der Waals surface area contributed by atoms with E-state index in [4.69, 9.17) is 0 Å². The zero-order chi connectivity index (χ0) is 16.1. The number of aromatic nitrogens is 3. The second-order valence-electron chi connectivity index (χ2n) is 5.42. The van der Waals surface area contributed by atoms with Gasteiger partial charge in [-0.2, -0.15) is 0 Å². The van der Waals surface area contributed by atoms with Gasteiger partial charge in [-0.25, -0.2) is 9.07 Å². The van der Waals surface area contributed by atoms with Gasteiger partial charge >= 0.3 is 0 Å². The first-order valence-corrected chi connectivity index (χ1v) is 7.10. The van der Waals surface area contributed by atoms with E-state index in [2.05, 4.69) is 15.6 Å². The van der Waals surface area contributed by atoms with Crippen LogP contribution in [-0.4, -0.2) is 38.7 Å². The molecular formula is C15H19FN4O2. The lowest BCUT2D eigenvalue weighted by molar-refractivity contribution is 0.0934. The number of amides is 1. The van der Waals surface area contributed by atoms with Crippen LogP contribution in [0.4, 0.5) is 4.39 Å². The van der Waals surface area contributed by atoms with Gasteiger partial charge in [0.05, 0.1) is 18.0 Å². The van der Waals surface area contributed by atoms with Crippen molar-refractivity contribution in [1.29, 1.82) is 0 Å². The number of halogens is 1. The van der Waals surface area contributed by atoms with E-state index in [-0.39, 0.29) is 23.3 Å². The summed E-state index contributed by atoms with van der Waals surface area (Å²) in [4.78, 5) is 12.0. The largest absolute Gasteiger partial charge is 0.393 e. The summed E-state index contributed by atoms with van der Waals surface area (Å²) in [6.07, 6.45) is 1.70. The molecule has 0 fully saturated rings. The molecule has 2 N–H and O–H groups in total. The number of nitrogens with one attached hydrogen (secondary N) is 1. The maximum Gasteiger partial charge on any atom is 0.273 e. The number of hydrogen-bond donors (Lipinski definition) is 2. The predicted molar refractivity (Wildman–Crippen MR) is 79.1 cm³/mol. The first-order valence-electron chi connectivity index (χ1n) is 7.10. The Morgan fingerprint density at radius 3 is 2.68 bits per heavy atom. The number of nitrogens with zero attached hydrogens (tertiary/aromatic N) is 3. The van der Waals surface area contributed by atoms with Gasteiger partial charge in [-0.3, -0.25) is 4.79 Å². The molecule has 2 unspecified atom stereocenters. The number of hydrogen-bond acceptors (Lipinski definition) is 4. The van der Waals surface area contributed by atoms with Crippen molar-refractivity contribution in [3.63, 3.8) is 0 Å². The van der Waals surface area contributed by atoms with Gasteiger partial charge in [-0.1, -0.05) is 12.1 Å². The van der Waals surface area contributed by atoms with Gasteiger partial charge in [-0.15, -0.1) is 5.10 Å². The van der Waals surface area contributed by atoms with Gasteiger partial charge in [0.2, 0.25) is 0 Å². The zero-order valence-electron chi connectivity index (χ0n) is 12.5. The predicted octanol–water partition coefficient (Wildman–Crippen LogP) is 1.54. The van der Waals surface area contributed by atoms with Crippen LogP contribution in [0.15, 0.2) is 30.5 Å². The first-order chi connectivity index (χ1) is 10.5. The molecular weight excluding hydrogens is 287 g/mol. The smallest absolute Gasteiger partial charge is 0.273 e. The molecule has 2 aromatic rings. The fourth-order valence-electron chi connectivity index (χ4n) is 2.11. The topological polar surface area (TPSA) is 80.0 Å². The second kappa shape index (κ2) is 7.13. The Hall–Kier alpha value is -2.28. The SMILES string of the molecule is CC(O)CC(C)CNC(=O)c1cn(-c2ccc(F)cc2)nn1. The third-order valence-electron chi connectivity index (χ3n) is 3.17. The average molecular weight is 306 g/mol. The molecule has 1 aromatic carbocycles. The van der Waals surface area contributed by atoms with Crippen LogP contribution < -0.4 is 5.32 Å². The summed E-state index contributed by atoms with van der Waals surface area (Å²) in [5, 5.41) is 19.7. The maximum absolute atomic E-state index is 12.9. The molecule has 2 rings (SSSR count). The summed E-state index contributed by atoms with van der Waals surface area (Å²) in [7, 11) is 0. The van der Waals surface area contributed by atoms with Crippen molar-refractivity contribution in [2.75, 3.05) is 6.54 Å². The van der Waals surface area contributed by atoms with Crippen molar-refractivity contribution in [1.82, 2.24) is 20.3 Å². The van der Waals surface area contributed by atoms with Crippen molar-refractivity contribution in [3.8, 4) is 5.69 Å². The highest BCUT2D eigenvalue weighted by molar-refractivity contribution is 5.91. The highest BCUT2D eigenvalue weighted by Gasteiger charge is 2.13. The van der Waals surface area contributed by atoms with Crippen LogP contribution in [0.5, 0.6) is 0 Å². The normalized spacial score (nSPS) is 13.6. The molecule has 0 radical (unpaired) electrons. The number of rotatable bonds is 6. The van der Waals surface area contributed by atoms with Crippen molar-refractivity contribution >= 4 is 5.91 Å². The fraction of sp³-hybridized carbons (Fsp3) is 0.400. The maximum atomic E-state index is 12.9. The van der Waals surface area contributed by atoms with Crippen LogP contribution in [-0.2, 0) is 0 Å². The molecule has 1 amide bonds. The Morgan fingerprint density at radius 2 is 2.05 bits per heavy atom. The molecule has 0 saturated carbocycles. The van der Waals surface area contributed by atoms with Crippen LogP contribution in [0, 0.1) is 11.7 Å². The molecule has 0 aliphatic carbocycles. The number of carbonyl (C=O) groups is 1. The molecule has 0 aliphatic heterocycles. The summed E-state index contributed by atoms with van der Waals surface area (Å²) in [6, 6.07) is 5.73. The van der Waals surface area contributed by atoms with E-state index in [0.717, 1.165) is 0 Å². The van der Waals surface area contributed by atoms with Crippen molar-refractivity contribution in [2.45, 2.75) is 26.4 Å². The van der Waals surface area contributed by atoms with Gasteiger partial charge in [0.1, 0.15) is 5.82 Å². The summed E-state index contributed by atoms with van der Waals surface area (Å²) in [5.74, 6) is -0.504. The van der Waals surface area contributed by atoms with Gasteiger partial charge in [0.25, 0.3) is 5.91 Å². The highest BCUT2D eigenvalue weighted by Crippen LogP contribution is 2.08. The van der Waals surface area contributed by atoms with E-state index >= 15 is 0 Å². The van der Waals surface area contributed by atoms with E-state index in [1.54, 1.807) is 19.1 Å². The lowest BCUT2D eigenvalue weighted by atomic mass is 10.0. The third-order valence-corrected chi connectivity index (χ3v) is 3.17. The average Bonchev–Trinajstić information content (AvgIpc) is 2.94. The molecule has 0 bridgehead atoms. The van der Waals surface area contributed by atoms with Crippen LogP contribution >= 0.6 is 0 Å². The van der Waals surface area contributed by atoms with Crippen LogP contribution in [0.1, 0.15) is 30.8 Å². The van der Waals surface area contributed by atoms with Crippen LogP contribution in [0.25, 0.3) is 5.69 Å². The van der Waals surface area contributed by atoms with E-state index in [1.807, 2.05) is 6.92 Å². The Morgan fingerprint density at radius 1 is 1.36 bits per heavy atom. The minimum atomic E-state index is -0.397. The van der Waals surface area contributed by atoms with E-state index in [0.29, 0.717) is 18.7 Å². The van der Waals surface area contributed by atoms with Crippen LogP contribution in [0.2, 0.25) is 0 Å². The molecule has 0 spiro atoms. The number of carbonyl (C=O) groups excluding carboxylic acids is 1. The molecule has 6 nitrogen and oxygen atoms in total. The van der Waals surface area contributed by atoms with Crippen molar-refractivity contribution < 1.29 is 14.3 Å². The van der Waals surface area contributed by atoms with Crippen molar-refractivity contribution in [3.05, 3.63) is 42.0 Å². The number of aliphatic hydroxyl groups excluding tert-OH is 1. The molecule has 22 heavy (non-hydrogen) atoms. The van der Waals surface area contributed by atoms with Crippen LogP contribution in [0.3, 0.4) is 0 Å². The molecule has 7 heteroatoms. The Balaban J connectivity index is 1.96. The van der Waals surface area contributed by atoms with Gasteiger partial charge in [-0.05, 0) is 43.5 Å². The summed E-state index contributed by atoms with van der Waals surface area (Å²) < 4.78 is 14.3. The summed E-state index contributed by atoms with van der Waals surface area (Å²) in [6.45, 7) is 4.11. The molecule has 0 saturated heterocycles. The minimum absolute atomic E-state index is 0.163. The summed E-state index contributed by atoms with van der Waals surface area (Å²) in [5.41, 5.74) is 0.809. The van der Waals surface area contributed by atoms with Gasteiger partial charge in [0, 0.05) is 6.54 Å². The Kier molecular flexibility index (Phi) is 5.21. The fourth-order valence-corrected chi connectivity index (χ4v) is 2.11. The number of aliphatic hydroxyl groups is 1. The lowest BCUT2D eigenvalue weighted by Crippen LogP contribution is -2.29. The first kappa shape index (κ1) is 16.1. The molecule has 1 heterocycles. The highest BCUT2D eigenvalue weighted by atomic mass is 19.1. The third kappa shape index (κ3) is 4.36. The zero-order valence-corrected chi connectivity index (χ0v) is 12.5. The molecule has 0 aliphatic rings. The molecule has 2 atom stereocenters. The van der Waals surface area contributed by atoms with Gasteiger partial charge in [0.15, 0.2) is 5.69 Å². The Labute approximate surface area is 128 Å². The lowest BCUT2D eigenvalue weighted by Gasteiger charge is -2.13. The van der Waals surface area contributed by atoms with Crippen molar-refractivity contribution in [2.24, 2.45) is 5.92 Å². The second-order valence-corrected chi connectivity index (χ2v) is 5.42. The molecule has 1 aromatic heterocycles. The molecule has 118 valence electrons. The minimum Gasteiger partial charge on any atom is -0.393 e. The quantitative estimate of drug-likeness (QED) is 0.848. The standard InChI is InChI=1S/C15H19FN4O2/c1-10(7-11(2)21)8-17-15(22)14-9-20(19-18-14)13-5-3-12(16)4-6-13/h3-6,9-11,21H,7-8H2,1-2H3,(H,17,22). The Bertz CT molecular complexity index is 625. The summed E-state index contributed by atoms with van der Waals surface area (Å²) >= 11 is 0.